The van der Waals surface area contributed by atoms with E-state index in [1.54, 1.807) is 0 Å². The number of hydrogen-bond donors (Lipinski definition) is 2. The molecule has 0 spiro atoms. The van der Waals surface area contributed by atoms with Gasteiger partial charge in [0.1, 0.15) is 0 Å². The van der Waals surface area contributed by atoms with Gasteiger partial charge in [0.2, 0.25) is 0 Å². The molecule has 0 radical (unpaired) electrons. The van der Waals surface area contributed by atoms with E-state index >= 15 is 0 Å². The SMILES string of the molecule is C/C(=N\NC(=O)C(C)Sc1nnc(CNc2cccc(Cl)c2)n1C)c1ccc(C)cc1. The molecule has 3 rings (SSSR count). The molecule has 1 unspecified atom stereocenters. The van der Waals surface area contributed by atoms with Crippen molar-refractivity contribution >= 4 is 40.7 Å². The van der Waals surface area contributed by atoms with Crippen LogP contribution >= 0.6 is 23.4 Å². The van der Waals surface area contributed by atoms with E-state index in [9.17, 15) is 4.79 Å². The van der Waals surface area contributed by atoms with E-state index in [4.69, 9.17) is 11.6 Å². The molecule has 31 heavy (non-hydrogen) atoms. The first-order chi connectivity index (χ1) is 14.8. The van der Waals surface area contributed by atoms with Crippen LogP contribution in [0.5, 0.6) is 0 Å². The van der Waals surface area contributed by atoms with Gasteiger partial charge in [0.05, 0.1) is 17.5 Å². The summed E-state index contributed by atoms with van der Waals surface area (Å²) in [5.74, 6) is 0.557. The van der Waals surface area contributed by atoms with Gasteiger partial charge < -0.3 is 9.88 Å². The van der Waals surface area contributed by atoms with Gasteiger partial charge in [-0.1, -0.05) is 59.3 Å². The molecule has 2 N–H and O–H groups in total. The molecule has 3 aromatic rings. The second-order valence-electron chi connectivity index (χ2n) is 7.12. The van der Waals surface area contributed by atoms with Crippen molar-refractivity contribution in [2.45, 2.75) is 37.7 Å². The Morgan fingerprint density at radius 1 is 1.23 bits per heavy atom. The quantitative estimate of drug-likeness (QED) is 0.298. The van der Waals surface area contributed by atoms with Crippen LogP contribution in [0.3, 0.4) is 0 Å². The minimum Gasteiger partial charge on any atom is -0.378 e. The molecule has 1 amide bonds. The highest BCUT2D eigenvalue weighted by molar-refractivity contribution is 8.00. The third-order valence-electron chi connectivity index (χ3n) is 4.65. The summed E-state index contributed by atoms with van der Waals surface area (Å²) in [5, 5.41) is 16.9. The first kappa shape index (κ1) is 22.8. The van der Waals surface area contributed by atoms with E-state index in [-0.39, 0.29) is 11.2 Å². The number of halogens is 1. The molecule has 0 aliphatic heterocycles. The largest absolute Gasteiger partial charge is 0.378 e. The number of thioether (sulfide) groups is 1. The Labute approximate surface area is 191 Å². The standard InChI is InChI=1S/C22H25ClN6OS/c1-14-8-10-17(11-9-14)15(2)25-27-21(30)16(3)31-22-28-26-20(29(22)4)13-24-19-7-5-6-18(23)12-19/h5-12,16,24H,13H2,1-4H3,(H,27,30)/b25-15+. The number of nitrogens with one attached hydrogen (secondary N) is 2. The number of benzene rings is 2. The second kappa shape index (κ2) is 10.5. The van der Waals surface area contributed by atoms with Gasteiger partial charge in [0.15, 0.2) is 11.0 Å². The van der Waals surface area contributed by atoms with Crippen molar-refractivity contribution in [2.24, 2.45) is 12.1 Å². The summed E-state index contributed by atoms with van der Waals surface area (Å²) in [6.45, 7) is 6.20. The Bertz CT molecular complexity index is 1080. The Morgan fingerprint density at radius 3 is 2.68 bits per heavy atom. The molecular weight excluding hydrogens is 432 g/mol. The number of hydrogen-bond acceptors (Lipinski definition) is 6. The van der Waals surface area contributed by atoms with E-state index in [1.165, 1.54) is 17.3 Å². The Hall–Kier alpha value is -2.84. The first-order valence-electron chi connectivity index (χ1n) is 9.79. The number of nitrogens with zero attached hydrogens (tertiary/aromatic N) is 4. The zero-order valence-electron chi connectivity index (χ0n) is 17.9. The fourth-order valence-corrected chi connectivity index (χ4v) is 3.70. The van der Waals surface area contributed by atoms with Crippen LogP contribution in [0.15, 0.2) is 58.8 Å². The lowest BCUT2D eigenvalue weighted by molar-refractivity contribution is -0.120. The summed E-state index contributed by atoms with van der Waals surface area (Å²) in [6, 6.07) is 15.5. The lowest BCUT2D eigenvalue weighted by atomic mass is 10.1. The molecule has 0 fully saturated rings. The second-order valence-corrected chi connectivity index (χ2v) is 8.87. The maximum Gasteiger partial charge on any atom is 0.253 e. The smallest absolute Gasteiger partial charge is 0.253 e. The Morgan fingerprint density at radius 2 is 1.97 bits per heavy atom. The van der Waals surface area contributed by atoms with Crippen molar-refractivity contribution in [3.8, 4) is 0 Å². The average molecular weight is 457 g/mol. The maximum atomic E-state index is 12.5. The fourth-order valence-electron chi connectivity index (χ4n) is 2.68. The third-order valence-corrected chi connectivity index (χ3v) is 6.02. The molecule has 9 heteroatoms. The molecule has 2 aromatic carbocycles. The van der Waals surface area contributed by atoms with E-state index in [0.717, 1.165) is 22.8 Å². The lowest BCUT2D eigenvalue weighted by Crippen LogP contribution is -2.28. The molecule has 0 aliphatic rings. The molecule has 162 valence electrons. The van der Waals surface area contributed by atoms with Gasteiger partial charge in [0.25, 0.3) is 5.91 Å². The van der Waals surface area contributed by atoms with Crippen LogP contribution in [-0.4, -0.2) is 31.6 Å². The number of anilines is 1. The molecule has 1 heterocycles. The predicted molar refractivity (Wildman–Crippen MR) is 127 cm³/mol. The maximum absolute atomic E-state index is 12.5. The van der Waals surface area contributed by atoms with E-state index in [2.05, 4.69) is 26.0 Å². The van der Waals surface area contributed by atoms with Crippen LogP contribution in [0.4, 0.5) is 5.69 Å². The molecule has 0 bridgehead atoms. The fraction of sp³-hybridized carbons (Fsp3) is 0.273. The molecule has 0 saturated carbocycles. The number of carbonyl (C=O) groups excluding carboxylic acids is 1. The molecule has 1 atom stereocenters. The Balaban J connectivity index is 1.56. The highest BCUT2D eigenvalue weighted by Crippen LogP contribution is 2.22. The minimum atomic E-state index is -0.383. The Kier molecular flexibility index (Phi) is 7.70. The summed E-state index contributed by atoms with van der Waals surface area (Å²) in [5.41, 5.74) is 6.44. The number of carbonyl (C=O) groups is 1. The summed E-state index contributed by atoms with van der Waals surface area (Å²) in [7, 11) is 1.88. The number of amides is 1. The monoisotopic (exact) mass is 456 g/mol. The zero-order valence-corrected chi connectivity index (χ0v) is 19.5. The van der Waals surface area contributed by atoms with Crippen molar-refractivity contribution in [1.29, 1.82) is 0 Å². The van der Waals surface area contributed by atoms with Gasteiger partial charge in [0, 0.05) is 17.8 Å². The number of aryl methyl sites for hydroxylation is 1. The minimum absolute atomic E-state index is 0.196. The van der Waals surface area contributed by atoms with Crippen molar-refractivity contribution < 1.29 is 4.79 Å². The molecule has 0 saturated heterocycles. The molecular formula is C22H25ClN6OS. The number of rotatable bonds is 8. The molecule has 7 nitrogen and oxygen atoms in total. The van der Waals surface area contributed by atoms with Crippen LogP contribution in [0.25, 0.3) is 0 Å². The number of aromatic nitrogens is 3. The highest BCUT2D eigenvalue weighted by atomic mass is 35.5. The van der Waals surface area contributed by atoms with Crippen molar-refractivity contribution in [2.75, 3.05) is 5.32 Å². The van der Waals surface area contributed by atoms with Gasteiger partial charge in [-0.3, -0.25) is 4.79 Å². The third kappa shape index (κ3) is 6.32. The predicted octanol–water partition coefficient (Wildman–Crippen LogP) is 4.41. The lowest BCUT2D eigenvalue weighted by Gasteiger charge is -2.10. The van der Waals surface area contributed by atoms with Crippen LogP contribution in [0.2, 0.25) is 5.02 Å². The van der Waals surface area contributed by atoms with Gasteiger partial charge in [-0.05, 0) is 44.5 Å². The van der Waals surface area contributed by atoms with Gasteiger partial charge >= 0.3 is 0 Å². The first-order valence-corrected chi connectivity index (χ1v) is 11.0. The van der Waals surface area contributed by atoms with Crippen molar-refractivity contribution in [3.05, 3.63) is 70.5 Å². The van der Waals surface area contributed by atoms with Crippen LogP contribution < -0.4 is 10.7 Å². The van der Waals surface area contributed by atoms with Gasteiger partial charge in [-0.25, -0.2) is 5.43 Å². The summed E-state index contributed by atoms with van der Waals surface area (Å²) in [4.78, 5) is 12.5. The van der Waals surface area contributed by atoms with Gasteiger partial charge in [-0.2, -0.15) is 5.10 Å². The van der Waals surface area contributed by atoms with E-state index in [0.29, 0.717) is 16.7 Å². The summed E-state index contributed by atoms with van der Waals surface area (Å²) < 4.78 is 1.87. The van der Waals surface area contributed by atoms with E-state index < -0.39 is 0 Å². The topological polar surface area (TPSA) is 84.2 Å². The normalized spacial score (nSPS) is 12.5. The van der Waals surface area contributed by atoms with Crippen LogP contribution in [0.1, 0.15) is 30.8 Å². The zero-order chi connectivity index (χ0) is 22.4. The van der Waals surface area contributed by atoms with Crippen LogP contribution in [-0.2, 0) is 18.4 Å². The van der Waals surface area contributed by atoms with Crippen molar-refractivity contribution in [1.82, 2.24) is 20.2 Å². The average Bonchev–Trinajstić information content (AvgIpc) is 3.10. The molecule has 1 aromatic heterocycles. The highest BCUT2D eigenvalue weighted by Gasteiger charge is 2.18. The number of hydrazone groups is 1. The van der Waals surface area contributed by atoms with Crippen molar-refractivity contribution in [3.63, 3.8) is 0 Å². The summed E-state index contributed by atoms with van der Waals surface area (Å²) >= 11 is 7.34. The molecule has 0 aliphatic carbocycles. The van der Waals surface area contributed by atoms with Crippen LogP contribution in [0, 0.1) is 6.92 Å². The van der Waals surface area contributed by atoms with Gasteiger partial charge in [-0.15, -0.1) is 10.2 Å². The van der Waals surface area contributed by atoms with E-state index in [1.807, 2.05) is 80.9 Å². The summed E-state index contributed by atoms with van der Waals surface area (Å²) in [6.07, 6.45) is 0.